The Hall–Kier alpha value is -0.960. The molecular weight excluding hydrogens is 196 g/mol. The third-order valence-corrected chi connectivity index (χ3v) is 2.74. The van der Waals surface area contributed by atoms with Crippen LogP contribution < -0.4 is 5.32 Å². The second-order valence-corrected chi connectivity index (χ2v) is 4.49. The molecule has 1 aromatic rings. The van der Waals surface area contributed by atoms with Gasteiger partial charge >= 0.3 is 0 Å². The number of hydrogen-bond acceptors (Lipinski definition) is 1. The fourth-order valence-electron chi connectivity index (χ4n) is 2.02. The van der Waals surface area contributed by atoms with Crippen LogP contribution in [-0.4, -0.2) is 0 Å². The normalized spacial score (nSPS) is 14.7. The highest BCUT2D eigenvalue weighted by molar-refractivity contribution is 5.37. The number of halogens is 2. The molecule has 0 saturated heterocycles. The van der Waals surface area contributed by atoms with Crippen LogP contribution in [0.1, 0.15) is 30.5 Å². The smallest absolute Gasteiger partial charge is 0.134 e. The first-order chi connectivity index (χ1) is 7.09. The summed E-state index contributed by atoms with van der Waals surface area (Å²) < 4.78 is 27.5. The van der Waals surface area contributed by atoms with Crippen LogP contribution in [0.25, 0.3) is 0 Å². The van der Waals surface area contributed by atoms with Crippen molar-refractivity contribution in [3.8, 4) is 0 Å². The highest BCUT2D eigenvalue weighted by atomic mass is 19.1. The average molecular weight is 211 g/mol. The third-order valence-electron chi connectivity index (χ3n) is 2.74. The van der Waals surface area contributed by atoms with Crippen LogP contribution in [-0.2, 0) is 19.5 Å². The predicted molar refractivity (Wildman–Crippen MR) is 55.4 cm³/mol. The lowest BCUT2D eigenvalue weighted by molar-refractivity contribution is 0.518. The quantitative estimate of drug-likeness (QED) is 0.793. The van der Waals surface area contributed by atoms with E-state index in [0.29, 0.717) is 25.1 Å². The first-order valence-electron chi connectivity index (χ1n) is 5.29. The van der Waals surface area contributed by atoms with Crippen molar-refractivity contribution in [2.45, 2.75) is 33.4 Å². The van der Waals surface area contributed by atoms with Gasteiger partial charge in [-0.05, 0) is 24.0 Å². The van der Waals surface area contributed by atoms with Crippen LogP contribution in [0.3, 0.4) is 0 Å². The maximum absolute atomic E-state index is 13.9. The molecule has 0 spiro atoms. The molecule has 0 radical (unpaired) electrons. The zero-order valence-corrected chi connectivity index (χ0v) is 9.03. The fraction of sp³-hybridized carbons (Fsp3) is 0.500. The van der Waals surface area contributed by atoms with Crippen LogP contribution in [0.15, 0.2) is 6.07 Å². The van der Waals surface area contributed by atoms with Gasteiger partial charge in [0, 0.05) is 24.2 Å². The van der Waals surface area contributed by atoms with E-state index in [1.807, 2.05) is 13.8 Å². The van der Waals surface area contributed by atoms with Gasteiger partial charge in [-0.3, -0.25) is 0 Å². The van der Waals surface area contributed by atoms with Gasteiger partial charge in [0.05, 0.1) is 0 Å². The van der Waals surface area contributed by atoms with E-state index in [-0.39, 0.29) is 17.3 Å². The van der Waals surface area contributed by atoms with Gasteiger partial charge in [0.2, 0.25) is 0 Å². The topological polar surface area (TPSA) is 12.0 Å². The van der Waals surface area contributed by atoms with Crippen molar-refractivity contribution in [2.75, 3.05) is 0 Å². The van der Waals surface area contributed by atoms with E-state index in [4.69, 9.17) is 0 Å². The highest BCUT2D eigenvalue weighted by Gasteiger charge is 2.21. The zero-order chi connectivity index (χ0) is 11.0. The van der Waals surface area contributed by atoms with Gasteiger partial charge in [-0.15, -0.1) is 0 Å². The monoisotopic (exact) mass is 211 g/mol. The fourth-order valence-corrected chi connectivity index (χ4v) is 2.02. The molecule has 0 aromatic heterocycles. The van der Waals surface area contributed by atoms with Gasteiger partial charge in [0.1, 0.15) is 11.6 Å². The Balaban J connectivity index is 2.46. The minimum absolute atomic E-state index is 0.243. The number of rotatable bonds is 2. The zero-order valence-electron chi connectivity index (χ0n) is 9.03. The summed E-state index contributed by atoms with van der Waals surface area (Å²) in [5, 5.41) is 3.03. The lowest BCUT2D eigenvalue weighted by Gasteiger charge is -2.11. The second-order valence-electron chi connectivity index (χ2n) is 4.49. The van der Waals surface area contributed by atoms with Crippen molar-refractivity contribution in [1.82, 2.24) is 5.32 Å². The van der Waals surface area contributed by atoms with Crippen molar-refractivity contribution >= 4 is 0 Å². The molecule has 15 heavy (non-hydrogen) atoms. The maximum atomic E-state index is 13.9. The van der Waals surface area contributed by atoms with Crippen LogP contribution in [0.2, 0.25) is 0 Å². The molecule has 1 N–H and O–H groups in total. The Morgan fingerprint density at radius 2 is 2.07 bits per heavy atom. The molecule has 0 amide bonds. The lowest BCUT2D eigenvalue weighted by Crippen LogP contribution is -2.05. The Morgan fingerprint density at radius 3 is 2.73 bits per heavy atom. The maximum Gasteiger partial charge on any atom is 0.134 e. The van der Waals surface area contributed by atoms with Gasteiger partial charge < -0.3 is 5.32 Å². The number of fused-ring (bicyclic) bond motifs is 1. The van der Waals surface area contributed by atoms with E-state index in [1.165, 1.54) is 6.07 Å². The van der Waals surface area contributed by atoms with Crippen LogP contribution in [0.5, 0.6) is 0 Å². The van der Waals surface area contributed by atoms with Crippen molar-refractivity contribution in [3.05, 3.63) is 34.4 Å². The first kappa shape index (κ1) is 10.6. The van der Waals surface area contributed by atoms with E-state index >= 15 is 0 Å². The molecule has 0 unspecified atom stereocenters. The Labute approximate surface area is 88.5 Å². The predicted octanol–water partition coefficient (Wildman–Crippen LogP) is 2.77. The molecule has 2 rings (SSSR count). The Morgan fingerprint density at radius 1 is 1.33 bits per heavy atom. The molecule has 82 valence electrons. The van der Waals surface area contributed by atoms with Gasteiger partial charge in [0.25, 0.3) is 0 Å². The number of hydrogen-bond donors (Lipinski definition) is 1. The van der Waals surface area contributed by atoms with Crippen LogP contribution in [0.4, 0.5) is 8.78 Å². The van der Waals surface area contributed by atoms with E-state index in [2.05, 4.69) is 5.32 Å². The summed E-state index contributed by atoms with van der Waals surface area (Å²) in [6.45, 7) is 5.02. The average Bonchev–Trinajstić information content (AvgIpc) is 2.59. The molecule has 0 atom stereocenters. The minimum Gasteiger partial charge on any atom is -0.308 e. The molecule has 1 aliphatic rings. The van der Waals surface area contributed by atoms with E-state index < -0.39 is 5.82 Å². The molecule has 0 fully saturated rings. The summed E-state index contributed by atoms with van der Waals surface area (Å²) in [4.78, 5) is 0. The largest absolute Gasteiger partial charge is 0.308 e. The number of nitrogens with one attached hydrogen (secondary N) is 1. The summed E-state index contributed by atoms with van der Waals surface area (Å²) in [6.07, 6.45) is 0.463. The molecule has 1 aliphatic heterocycles. The SMILES string of the molecule is CC(C)Cc1c(F)cc2c(c1F)CNC2. The Kier molecular flexibility index (Phi) is 2.74. The molecule has 1 nitrogen and oxygen atoms in total. The summed E-state index contributed by atoms with van der Waals surface area (Å²) in [5.41, 5.74) is 1.65. The number of benzene rings is 1. The van der Waals surface area contributed by atoms with Gasteiger partial charge in [-0.2, -0.15) is 0 Å². The molecule has 3 heteroatoms. The van der Waals surface area contributed by atoms with Gasteiger partial charge in [0.15, 0.2) is 0 Å². The van der Waals surface area contributed by atoms with Crippen LogP contribution in [0, 0.1) is 17.6 Å². The van der Waals surface area contributed by atoms with E-state index in [1.54, 1.807) is 0 Å². The summed E-state index contributed by atoms with van der Waals surface area (Å²) >= 11 is 0. The molecule has 0 saturated carbocycles. The molecular formula is C12H15F2N. The third kappa shape index (κ3) is 1.88. The van der Waals surface area contributed by atoms with Crippen molar-refractivity contribution in [3.63, 3.8) is 0 Å². The molecule has 1 heterocycles. The Bertz CT molecular complexity index is 386. The highest BCUT2D eigenvalue weighted by Crippen LogP contribution is 2.26. The van der Waals surface area contributed by atoms with Gasteiger partial charge in [-0.1, -0.05) is 13.8 Å². The first-order valence-corrected chi connectivity index (χ1v) is 5.29. The second kappa shape index (κ2) is 3.89. The molecule has 0 bridgehead atoms. The van der Waals surface area contributed by atoms with Crippen molar-refractivity contribution < 1.29 is 8.78 Å². The summed E-state index contributed by atoms with van der Waals surface area (Å²) in [7, 11) is 0. The minimum atomic E-state index is -0.399. The van der Waals surface area contributed by atoms with E-state index in [9.17, 15) is 8.78 Å². The molecule has 1 aromatic carbocycles. The van der Waals surface area contributed by atoms with Crippen molar-refractivity contribution in [1.29, 1.82) is 0 Å². The van der Waals surface area contributed by atoms with E-state index in [0.717, 1.165) is 5.56 Å². The lowest BCUT2D eigenvalue weighted by atomic mass is 9.97. The summed E-state index contributed by atoms with van der Waals surface area (Å²) in [5.74, 6) is -0.478. The molecule has 0 aliphatic carbocycles. The van der Waals surface area contributed by atoms with Crippen molar-refractivity contribution in [2.24, 2.45) is 5.92 Å². The van der Waals surface area contributed by atoms with Crippen LogP contribution >= 0.6 is 0 Å². The summed E-state index contributed by atoms with van der Waals surface area (Å²) in [6, 6.07) is 1.47. The van der Waals surface area contributed by atoms with Gasteiger partial charge in [-0.25, -0.2) is 8.78 Å². The standard InChI is InChI=1S/C12H15F2N/c1-7(2)3-9-11(13)4-8-5-15-6-10(8)12(9)14/h4,7,15H,3,5-6H2,1-2H3.